The molecule has 0 fully saturated rings. The van der Waals surface area contributed by atoms with E-state index >= 15 is 0 Å². The minimum atomic E-state index is -4.41. The molecule has 104 valence electrons. The molecule has 1 aliphatic rings. The van der Waals surface area contributed by atoms with Crippen LogP contribution in [0, 0.1) is 0 Å². The molecule has 0 spiro atoms. The molecule has 0 radical (unpaired) electrons. The van der Waals surface area contributed by atoms with Crippen molar-refractivity contribution in [3.8, 4) is 0 Å². The summed E-state index contributed by atoms with van der Waals surface area (Å²) in [6.07, 6.45) is -3.10. The summed E-state index contributed by atoms with van der Waals surface area (Å²) in [5, 5.41) is 4.21. The van der Waals surface area contributed by atoms with E-state index in [1.54, 1.807) is 0 Å². The van der Waals surface area contributed by atoms with Gasteiger partial charge in [-0.3, -0.25) is 4.90 Å². The third-order valence-corrected chi connectivity index (χ3v) is 2.80. The second-order valence-corrected chi connectivity index (χ2v) is 4.18. The predicted molar refractivity (Wildman–Crippen MR) is 64.5 cm³/mol. The van der Waals surface area contributed by atoms with E-state index in [9.17, 15) is 13.2 Å². The Bertz CT molecular complexity index is 588. The topological polar surface area (TPSA) is 33.4 Å². The molecule has 0 aromatic carbocycles. The van der Waals surface area contributed by atoms with Crippen LogP contribution in [0.2, 0.25) is 0 Å². The highest BCUT2D eigenvalue weighted by Gasteiger charge is 2.33. The van der Waals surface area contributed by atoms with Gasteiger partial charge >= 0.3 is 6.18 Å². The summed E-state index contributed by atoms with van der Waals surface area (Å²) in [5.74, 6) is 0. The van der Waals surface area contributed by atoms with E-state index in [1.807, 2.05) is 25.8 Å². The van der Waals surface area contributed by atoms with Crippen molar-refractivity contribution in [3.63, 3.8) is 0 Å². The molecule has 7 heteroatoms. The summed E-state index contributed by atoms with van der Waals surface area (Å²) in [5.41, 5.74) is 1.03. The molecule has 2 aromatic rings. The fraction of sp³-hybridized carbons (Fsp3) is 0.500. The van der Waals surface area contributed by atoms with E-state index in [0.29, 0.717) is 18.7 Å². The molecule has 0 saturated heterocycles. The first kappa shape index (κ1) is 13.8. The lowest BCUT2D eigenvalue weighted by molar-refractivity contribution is -0.141. The quantitative estimate of drug-likeness (QED) is 0.739. The molecule has 0 unspecified atom stereocenters. The zero-order valence-corrected chi connectivity index (χ0v) is 11.0. The molecule has 3 rings (SSSR count). The predicted octanol–water partition coefficient (Wildman–Crippen LogP) is 2.72. The third-order valence-electron chi connectivity index (χ3n) is 2.80. The highest BCUT2D eigenvalue weighted by atomic mass is 19.4. The Kier molecular flexibility index (Phi) is 3.49. The Morgan fingerprint density at radius 3 is 2.53 bits per heavy atom. The molecular weight excluding hydrogens is 257 g/mol. The maximum absolute atomic E-state index is 12.5. The molecule has 4 nitrogen and oxygen atoms in total. The first-order valence-corrected chi connectivity index (χ1v) is 6.08. The second-order valence-electron chi connectivity index (χ2n) is 4.18. The van der Waals surface area contributed by atoms with Crippen LogP contribution in [0.5, 0.6) is 0 Å². The minimum Gasteiger partial charge on any atom is -0.296 e. The Labute approximate surface area is 108 Å². The van der Waals surface area contributed by atoms with Crippen molar-refractivity contribution in [2.75, 3.05) is 7.05 Å². The number of hydrogen-bond acceptors (Lipinski definition) is 3. The smallest absolute Gasteiger partial charge is 0.296 e. The van der Waals surface area contributed by atoms with Crippen molar-refractivity contribution >= 4 is 5.65 Å². The summed E-state index contributed by atoms with van der Waals surface area (Å²) in [4.78, 5) is 5.65. The normalized spacial score (nSPS) is 15.3. The van der Waals surface area contributed by atoms with E-state index in [0.717, 1.165) is 17.3 Å². The van der Waals surface area contributed by atoms with Gasteiger partial charge in [-0.15, -0.1) is 0 Å². The lowest BCUT2D eigenvalue weighted by Crippen LogP contribution is -2.12. The largest absolute Gasteiger partial charge is 0.433 e. The molecule has 0 aliphatic carbocycles. The van der Waals surface area contributed by atoms with E-state index < -0.39 is 11.9 Å². The molecule has 3 heterocycles. The van der Waals surface area contributed by atoms with Gasteiger partial charge in [0.2, 0.25) is 0 Å². The third kappa shape index (κ3) is 2.42. The zero-order valence-electron chi connectivity index (χ0n) is 11.0. The minimum absolute atomic E-state index is 0.305. The maximum atomic E-state index is 12.5. The molecule has 0 amide bonds. The van der Waals surface area contributed by atoms with Gasteiger partial charge < -0.3 is 0 Å². The highest BCUT2D eigenvalue weighted by Crippen LogP contribution is 2.30. The van der Waals surface area contributed by atoms with Gasteiger partial charge in [0.15, 0.2) is 5.65 Å². The summed E-state index contributed by atoms with van der Waals surface area (Å²) in [7, 11) is 1.89. The SMILES string of the molecule is CC.CN1Cc2nn3ccc(C(F)(F)F)nc3c2C1. The number of aromatic nitrogens is 3. The molecular formula is C12H15F3N4. The summed E-state index contributed by atoms with van der Waals surface area (Å²) in [6, 6.07) is 0.943. The van der Waals surface area contributed by atoms with Gasteiger partial charge in [0.1, 0.15) is 5.69 Å². The molecule has 0 N–H and O–H groups in total. The van der Waals surface area contributed by atoms with Crippen molar-refractivity contribution in [1.29, 1.82) is 0 Å². The van der Waals surface area contributed by atoms with Crippen molar-refractivity contribution < 1.29 is 13.2 Å². The number of nitrogens with zero attached hydrogens (tertiary/aromatic N) is 4. The van der Waals surface area contributed by atoms with Crippen LogP contribution in [0.15, 0.2) is 12.3 Å². The standard InChI is InChI=1S/C10H9F3N4.C2H6/c1-16-4-6-7(5-16)15-17-3-2-8(10(11,12)13)14-9(6)17;1-2/h2-3H,4-5H2,1H3;1-2H3. The molecule has 0 atom stereocenters. The van der Waals surface area contributed by atoms with Crippen molar-refractivity contribution in [2.45, 2.75) is 33.1 Å². The zero-order chi connectivity index (χ0) is 14.2. The Balaban J connectivity index is 0.000000637. The Morgan fingerprint density at radius 2 is 1.89 bits per heavy atom. The number of fused-ring (bicyclic) bond motifs is 3. The Morgan fingerprint density at radius 1 is 1.21 bits per heavy atom. The van der Waals surface area contributed by atoms with Gasteiger partial charge in [0.25, 0.3) is 0 Å². The van der Waals surface area contributed by atoms with Crippen LogP contribution in [0.3, 0.4) is 0 Å². The Hall–Kier alpha value is -1.63. The maximum Gasteiger partial charge on any atom is 0.433 e. The van der Waals surface area contributed by atoms with Gasteiger partial charge in [-0.2, -0.15) is 18.3 Å². The van der Waals surface area contributed by atoms with Gasteiger partial charge in [-0.25, -0.2) is 9.50 Å². The van der Waals surface area contributed by atoms with Crippen LogP contribution in [0.1, 0.15) is 30.8 Å². The van der Waals surface area contributed by atoms with Crippen LogP contribution in [0.25, 0.3) is 5.65 Å². The molecule has 1 aliphatic heterocycles. The summed E-state index contributed by atoms with van der Waals surface area (Å²) < 4.78 is 39.1. The fourth-order valence-corrected chi connectivity index (χ4v) is 2.05. The van der Waals surface area contributed by atoms with E-state index in [1.165, 1.54) is 10.7 Å². The average molecular weight is 272 g/mol. The van der Waals surface area contributed by atoms with Crippen LogP contribution in [-0.4, -0.2) is 26.5 Å². The molecule has 0 saturated carbocycles. The second kappa shape index (κ2) is 4.80. The molecule has 0 bridgehead atoms. The number of halogens is 3. The van der Waals surface area contributed by atoms with Gasteiger partial charge in [0.05, 0.1) is 5.69 Å². The number of hydrogen-bond donors (Lipinski definition) is 0. The average Bonchev–Trinajstić information content (AvgIpc) is 2.85. The molecule has 19 heavy (non-hydrogen) atoms. The lowest BCUT2D eigenvalue weighted by Gasteiger charge is -2.07. The van der Waals surface area contributed by atoms with Gasteiger partial charge in [-0.1, -0.05) is 13.8 Å². The van der Waals surface area contributed by atoms with Gasteiger partial charge in [-0.05, 0) is 13.1 Å². The van der Waals surface area contributed by atoms with Crippen LogP contribution in [0.4, 0.5) is 13.2 Å². The molecule has 2 aromatic heterocycles. The number of rotatable bonds is 0. The van der Waals surface area contributed by atoms with Crippen LogP contribution < -0.4 is 0 Å². The monoisotopic (exact) mass is 272 g/mol. The van der Waals surface area contributed by atoms with E-state index in [-0.39, 0.29) is 0 Å². The van der Waals surface area contributed by atoms with Crippen molar-refractivity contribution in [3.05, 3.63) is 29.2 Å². The van der Waals surface area contributed by atoms with E-state index in [2.05, 4.69) is 10.1 Å². The number of alkyl halides is 3. The fourth-order valence-electron chi connectivity index (χ4n) is 2.05. The van der Waals surface area contributed by atoms with Gasteiger partial charge in [0, 0.05) is 24.8 Å². The van der Waals surface area contributed by atoms with Crippen LogP contribution >= 0.6 is 0 Å². The summed E-state index contributed by atoms with van der Waals surface area (Å²) >= 11 is 0. The first-order chi connectivity index (χ1) is 8.95. The van der Waals surface area contributed by atoms with E-state index in [4.69, 9.17) is 0 Å². The lowest BCUT2D eigenvalue weighted by atomic mass is 10.3. The van der Waals surface area contributed by atoms with Crippen LogP contribution in [-0.2, 0) is 19.3 Å². The first-order valence-electron chi connectivity index (χ1n) is 6.08. The highest BCUT2D eigenvalue weighted by molar-refractivity contribution is 5.52. The van der Waals surface area contributed by atoms with Crippen molar-refractivity contribution in [2.24, 2.45) is 0 Å². The summed E-state index contributed by atoms with van der Waals surface area (Å²) in [6.45, 7) is 5.24. The van der Waals surface area contributed by atoms with Crippen molar-refractivity contribution in [1.82, 2.24) is 19.5 Å².